The van der Waals surface area contributed by atoms with Crippen LogP contribution in [-0.2, 0) is 10.0 Å². The maximum Gasteiger partial charge on any atom is 0.241 e. The number of aliphatic hydroxyl groups is 1. The van der Waals surface area contributed by atoms with Gasteiger partial charge >= 0.3 is 0 Å². The number of nitrogens with one attached hydrogen (secondary N) is 1. The van der Waals surface area contributed by atoms with Crippen molar-refractivity contribution in [2.75, 3.05) is 14.2 Å². The number of ether oxygens (including phenoxy) is 2. The van der Waals surface area contributed by atoms with Crippen LogP contribution in [0.25, 0.3) is 0 Å². The maximum absolute atomic E-state index is 12.9. The van der Waals surface area contributed by atoms with Crippen molar-refractivity contribution in [3.05, 3.63) is 48.3 Å². The Hall–Kier alpha value is -2.16. The molecule has 0 spiro atoms. The Morgan fingerprint density at radius 1 is 1.15 bits per heavy atom. The zero-order chi connectivity index (χ0) is 18.7. The van der Waals surface area contributed by atoms with Gasteiger partial charge in [0.1, 0.15) is 0 Å². The van der Waals surface area contributed by atoms with Crippen LogP contribution in [0.4, 0.5) is 0 Å². The van der Waals surface area contributed by atoms with E-state index in [9.17, 15) is 13.5 Å². The van der Waals surface area contributed by atoms with E-state index in [0.717, 1.165) is 0 Å². The summed E-state index contributed by atoms with van der Waals surface area (Å²) in [7, 11) is -0.869. The molecule has 1 fully saturated rings. The van der Waals surface area contributed by atoms with E-state index in [0.29, 0.717) is 30.0 Å². The molecule has 2 N–H and O–H groups in total. The number of aliphatic hydroxyl groups excluding tert-OH is 1. The lowest BCUT2D eigenvalue weighted by Crippen LogP contribution is -2.41. The molecule has 0 radical (unpaired) electrons. The maximum atomic E-state index is 12.9. The van der Waals surface area contributed by atoms with Crippen molar-refractivity contribution >= 4 is 10.0 Å². The van der Waals surface area contributed by atoms with Gasteiger partial charge in [-0.1, -0.05) is 6.07 Å². The second-order valence-electron chi connectivity index (χ2n) is 6.26. The Labute approximate surface area is 153 Å². The first kappa shape index (κ1) is 18.6. The van der Waals surface area contributed by atoms with Crippen LogP contribution in [0.3, 0.4) is 0 Å². The fraction of sp³-hybridized carbons (Fsp3) is 0.389. The van der Waals surface area contributed by atoms with Gasteiger partial charge in [0.2, 0.25) is 10.0 Å². The van der Waals surface area contributed by atoms with Gasteiger partial charge in [0, 0.05) is 12.3 Å². The van der Waals surface area contributed by atoms with Crippen LogP contribution in [0.5, 0.6) is 11.5 Å². The predicted octanol–water partition coefficient (Wildman–Crippen LogP) is 1.89. The second kappa shape index (κ2) is 7.61. The van der Waals surface area contributed by atoms with Crippen LogP contribution in [0.15, 0.2) is 47.5 Å². The van der Waals surface area contributed by atoms with Crippen molar-refractivity contribution < 1.29 is 23.0 Å². The Balaban J connectivity index is 1.90. The number of methoxy groups -OCH3 is 2. The summed E-state index contributed by atoms with van der Waals surface area (Å²) < 4.78 is 38.9. The molecule has 0 unspecified atom stereocenters. The first-order chi connectivity index (χ1) is 12.4. The van der Waals surface area contributed by atoms with Gasteiger partial charge in [0.15, 0.2) is 11.5 Å². The number of pyridine rings is 1. The molecule has 1 atom stereocenters. The Bertz CT molecular complexity index is 851. The van der Waals surface area contributed by atoms with Gasteiger partial charge in [-0.2, -0.15) is 0 Å². The minimum Gasteiger partial charge on any atom is -0.493 e. The third-order valence-electron chi connectivity index (χ3n) is 4.57. The number of hydrogen-bond acceptors (Lipinski definition) is 6. The topological polar surface area (TPSA) is 97.8 Å². The summed E-state index contributed by atoms with van der Waals surface area (Å²) in [5.74, 6) is 0.786. The molecule has 1 aliphatic rings. The Morgan fingerprint density at radius 3 is 2.46 bits per heavy atom. The van der Waals surface area contributed by atoms with E-state index in [2.05, 4.69) is 9.71 Å². The quantitative estimate of drug-likeness (QED) is 0.764. The average Bonchev–Trinajstić information content (AvgIpc) is 2.64. The minimum absolute atomic E-state index is 0.00480. The second-order valence-corrected chi connectivity index (χ2v) is 7.97. The number of benzene rings is 1. The summed E-state index contributed by atoms with van der Waals surface area (Å²) in [6, 6.07) is 9.32. The molecular formula is C18H22N2O5S. The van der Waals surface area contributed by atoms with E-state index >= 15 is 0 Å². The number of sulfonamides is 1. The lowest BCUT2D eigenvalue weighted by molar-refractivity contribution is 0.0273. The number of rotatable bonds is 7. The van der Waals surface area contributed by atoms with Gasteiger partial charge in [0.05, 0.1) is 37.0 Å². The molecule has 140 valence electrons. The molecule has 1 saturated carbocycles. The van der Waals surface area contributed by atoms with E-state index in [4.69, 9.17) is 9.47 Å². The normalized spacial score (nSPS) is 20.9. The van der Waals surface area contributed by atoms with Gasteiger partial charge in [-0.05, 0) is 43.0 Å². The molecule has 3 rings (SSSR count). The summed E-state index contributed by atoms with van der Waals surface area (Å²) in [4.78, 5) is 4.37. The highest BCUT2D eigenvalue weighted by Crippen LogP contribution is 2.38. The summed E-state index contributed by atoms with van der Waals surface area (Å²) in [6.45, 7) is 0. The van der Waals surface area contributed by atoms with Gasteiger partial charge in [-0.15, -0.1) is 0 Å². The smallest absolute Gasteiger partial charge is 0.241 e. The molecule has 26 heavy (non-hydrogen) atoms. The molecule has 8 heteroatoms. The molecule has 7 nitrogen and oxygen atoms in total. The van der Waals surface area contributed by atoms with Crippen molar-refractivity contribution in [2.24, 2.45) is 5.92 Å². The standard InChI is InChI=1S/C18H22N2O5S/c1-24-16-7-6-14(11-17(16)25-2)26(22,23)20-18(12-9-13(21)10-12)15-5-3-4-8-19-15/h3-8,11-13,18,20-21H,9-10H2,1-2H3/t12?,13?,18-/m1/s1. The molecule has 2 aromatic rings. The van der Waals surface area contributed by atoms with Crippen molar-refractivity contribution in [3.8, 4) is 11.5 Å². The van der Waals surface area contributed by atoms with E-state index < -0.39 is 22.2 Å². The van der Waals surface area contributed by atoms with Gasteiger partial charge in [-0.3, -0.25) is 4.98 Å². The van der Waals surface area contributed by atoms with E-state index in [1.807, 2.05) is 6.07 Å². The third-order valence-corrected chi connectivity index (χ3v) is 6.01. The largest absolute Gasteiger partial charge is 0.493 e. The van der Waals surface area contributed by atoms with Crippen LogP contribution < -0.4 is 14.2 Å². The zero-order valence-corrected chi connectivity index (χ0v) is 15.4. The first-order valence-corrected chi connectivity index (χ1v) is 9.76. The monoisotopic (exact) mass is 378 g/mol. The third kappa shape index (κ3) is 3.82. The number of hydrogen-bond donors (Lipinski definition) is 2. The van der Waals surface area contributed by atoms with Crippen molar-refractivity contribution in [1.82, 2.24) is 9.71 Å². The molecule has 1 aromatic heterocycles. The highest BCUT2D eigenvalue weighted by atomic mass is 32.2. The predicted molar refractivity (Wildman–Crippen MR) is 95.6 cm³/mol. The van der Waals surface area contributed by atoms with Crippen LogP contribution >= 0.6 is 0 Å². The minimum atomic E-state index is -3.81. The Kier molecular flexibility index (Phi) is 5.45. The highest BCUT2D eigenvalue weighted by Gasteiger charge is 2.38. The summed E-state index contributed by atoms with van der Waals surface area (Å²) in [5, 5.41) is 9.63. The molecule has 1 aliphatic carbocycles. The molecule has 1 aromatic carbocycles. The molecule has 0 saturated heterocycles. The fourth-order valence-electron chi connectivity index (χ4n) is 3.08. The van der Waals surface area contributed by atoms with Gasteiger partial charge < -0.3 is 14.6 Å². The lowest BCUT2D eigenvalue weighted by atomic mass is 9.76. The van der Waals surface area contributed by atoms with Crippen molar-refractivity contribution in [2.45, 2.75) is 29.9 Å². The van der Waals surface area contributed by atoms with Gasteiger partial charge in [-0.25, -0.2) is 13.1 Å². The van der Waals surface area contributed by atoms with Crippen LogP contribution in [0.2, 0.25) is 0 Å². The SMILES string of the molecule is COc1ccc(S(=O)(=O)N[C@@H](c2ccccn2)C2CC(O)C2)cc1OC. The molecule has 0 aliphatic heterocycles. The molecular weight excluding hydrogens is 356 g/mol. The van der Waals surface area contributed by atoms with Crippen LogP contribution in [0.1, 0.15) is 24.6 Å². The van der Waals surface area contributed by atoms with E-state index in [-0.39, 0.29) is 10.8 Å². The summed E-state index contributed by atoms with van der Waals surface area (Å²) in [5.41, 5.74) is 0.633. The first-order valence-electron chi connectivity index (χ1n) is 8.28. The highest BCUT2D eigenvalue weighted by molar-refractivity contribution is 7.89. The van der Waals surface area contributed by atoms with Gasteiger partial charge in [0.25, 0.3) is 0 Å². The van der Waals surface area contributed by atoms with E-state index in [1.165, 1.54) is 26.4 Å². The Morgan fingerprint density at radius 2 is 1.88 bits per heavy atom. The number of nitrogens with zero attached hydrogens (tertiary/aromatic N) is 1. The van der Waals surface area contributed by atoms with Crippen LogP contribution in [-0.4, -0.2) is 38.8 Å². The zero-order valence-electron chi connectivity index (χ0n) is 14.6. The summed E-state index contributed by atoms with van der Waals surface area (Å²) in [6.07, 6.45) is 2.31. The fourth-order valence-corrected chi connectivity index (χ4v) is 4.37. The van der Waals surface area contributed by atoms with Crippen molar-refractivity contribution in [3.63, 3.8) is 0 Å². The van der Waals surface area contributed by atoms with Crippen molar-refractivity contribution in [1.29, 1.82) is 0 Å². The van der Waals surface area contributed by atoms with E-state index in [1.54, 1.807) is 24.4 Å². The molecule has 0 bridgehead atoms. The molecule has 1 heterocycles. The van der Waals surface area contributed by atoms with Crippen LogP contribution in [0, 0.1) is 5.92 Å². The number of aromatic nitrogens is 1. The molecule has 0 amide bonds. The lowest BCUT2D eigenvalue weighted by Gasteiger charge is -2.37. The average molecular weight is 378 g/mol. The summed E-state index contributed by atoms with van der Waals surface area (Å²) >= 11 is 0.